The van der Waals surface area contributed by atoms with E-state index in [9.17, 15) is 0 Å². The summed E-state index contributed by atoms with van der Waals surface area (Å²) in [4.78, 5) is 0. The van der Waals surface area contributed by atoms with Gasteiger partial charge < -0.3 is 28.4 Å². The molecule has 0 aliphatic rings. The maximum absolute atomic E-state index is 5.58. The standard InChI is InChI=1S/C16H24O6Si2/c1-17-13(23)15(19-3,20-4)11-7-9-12(10-8-11)16(21-5,22-6)14(24)18-2/h7-10,13-14H,1-6H3. The van der Waals surface area contributed by atoms with Gasteiger partial charge >= 0.3 is 0 Å². The third-order valence-electron chi connectivity index (χ3n) is 4.06. The van der Waals surface area contributed by atoms with E-state index in [1.807, 2.05) is 24.3 Å². The minimum absolute atomic E-state index is 0.504. The van der Waals surface area contributed by atoms with Gasteiger partial charge in [0.2, 0.25) is 11.6 Å². The van der Waals surface area contributed by atoms with Gasteiger partial charge in [-0.25, -0.2) is 0 Å². The molecular formula is C16H24O6Si2. The third kappa shape index (κ3) is 3.65. The average Bonchev–Trinajstić information content (AvgIpc) is 2.65. The van der Waals surface area contributed by atoms with Crippen LogP contribution >= 0.6 is 0 Å². The molecule has 0 N–H and O–H groups in total. The molecule has 0 saturated carbocycles. The minimum atomic E-state index is -1.10. The lowest BCUT2D eigenvalue weighted by atomic mass is 9.99. The number of benzene rings is 1. The maximum Gasteiger partial charge on any atom is 0.217 e. The monoisotopic (exact) mass is 368 g/mol. The predicted octanol–water partition coefficient (Wildman–Crippen LogP) is 0.860. The number of hydrogen-bond acceptors (Lipinski definition) is 6. The Morgan fingerprint density at radius 3 is 1.04 bits per heavy atom. The van der Waals surface area contributed by atoms with Crippen molar-refractivity contribution in [3.8, 4) is 0 Å². The van der Waals surface area contributed by atoms with E-state index in [2.05, 4.69) is 20.5 Å². The molecule has 1 aromatic rings. The predicted molar refractivity (Wildman–Crippen MR) is 90.9 cm³/mol. The second-order valence-corrected chi connectivity index (χ2v) is 6.01. The molecule has 0 aromatic heterocycles. The number of hydrogen-bond donors (Lipinski definition) is 0. The highest BCUT2D eigenvalue weighted by molar-refractivity contribution is 6.12. The normalized spacial score (nSPS) is 15.3. The Hall–Kier alpha value is -0.586. The Labute approximate surface area is 150 Å². The van der Waals surface area contributed by atoms with E-state index in [-0.39, 0.29) is 0 Å². The van der Waals surface area contributed by atoms with E-state index in [4.69, 9.17) is 28.4 Å². The van der Waals surface area contributed by atoms with Crippen LogP contribution in [0.25, 0.3) is 0 Å². The molecule has 132 valence electrons. The molecule has 6 nitrogen and oxygen atoms in total. The molecule has 0 spiro atoms. The Bertz CT molecular complexity index is 443. The SMILES string of the molecule is COC([Si])C(OC)(OC)c1ccc(C(OC)(OC)C([Si])OC)cc1. The van der Waals surface area contributed by atoms with Gasteiger partial charge in [-0.1, -0.05) is 24.3 Å². The van der Waals surface area contributed by atoms with E-state index in [0.29, 0.717) is 0 Å². The molecule has 1 aromatic carbocycles. The van der Waals surface area contributed by atoms with E-state index in [1.54, 1.807) is 42.7 Å². The Kier molecular flexibility index (Phi) is 8.23. The molecule has 0 aliphatic heterocycles. The fourth-order valence-corrected chi connectivity index (χ4v) is 3.42. The maximum atomic E-state index is 5.58. The van der Waals surface area contributed by atoms with Crippen LogP contribution in [0.2, 0.25) is 0 Å². The van der Waals surface area contributed by atoms with Crippen molar-refractivity contribution >= 4 is 20.5 Å². The van der Waals surface area contributed by atoms with Crippen LogP contribution in [0.4, 0.5) is 0 Å². The van der Waals surface area contributed by atoms with Crippen LogP contribution in [0.1, 0.15) is 11.1 Å². The van der Waals surface area contributed by atoms with Crippen LogP contribution in [-0.2, 0) is 40.0 Å². The Morgan fingerprint density at radius 1 is 0.625 bits per heavy atom. The summed E-state index contributed by atoms with van der Waals surface area (Å²) in [5, 5.41) is 0. The molecule has 0 fully saturated rings. The Balaban J connectivity index is 3.32. The van der Waals surface area contributed by atoms with Crippen molar-refractivity contribution in [1.82, 2.24) is 0 Å². The molecule has 24 heavy (non-hydrogen) atoms. The molecule has 0 amide bonds. The van der Waals surface area contributed by atoms with Gasteiger partial charge in [0.05, 0.1) is 31.9 Å². The van der Waals surface area contributed by atoms with E-state index in [1.165, 1.54) is 0 Å². The summed E-state index contributed by atoms with van der Waals surface area (Å²) in [6.45, 7) is 0. The second kappa shape index (κ2) is 9.21. The van der Waals surface area contributed by atoms with Gasteiger partial charge in [0.15, 0.2) is 0 Å². The lowest BCUT2D eigenvalue weighted by Gasteiger charge is -2.38. The highest BCUT2D eigenvalue weighted by Crippen LogP contribution is 2.34. The zero-order valence-corrected chi connectivity index (χ0v) is 16.9. The lowest BCUT2D eigenvalue weighted by molar-refractivity contribution is -0.255. The van der Waals surface area contributed by atoms with Crippen molar-refractivity contribution in [2.24, 2.45) is 0 Å². The molecule has 0 bridgehead atoms. The summed E-state index contributed by atoms with van der Waals surface area (Å²) < 4.78 is 33.0. The molecular weight excluding hydrogens is 344 g/mol. The van der Waals surface area contributed by atoms with Crippen molar-refractivity contribution in [2.75, 3.05) is 42.7 Å². The van der Waals surface area contributed by atoms with Gasteiger partial charge in [0.25, 0.3) is 0 Å². The summed E-state index contributed by atoms with van der Waals surface area (Å²) in [6.07, 6.45) is 0. The molecule has 1 rings (SSSR count). The van der Waals surface area contributed by atoms with Crippen LogP contribution in [0.15, 0.2) is 24.3 Å². The third-order valence-corrected chi connectivity index (χ3v) is 5.30. The van der Waals surface area contributed by atoms with Gasteiger partial charge in [-0.2, -0.15) is 0 Å². The number of methoxy groups -OCH3 is 6. The van der Waals surface area contributed by atoms with Crippen LogP contribution in [0.5, 0.6) is 0 Å². The minimum Gasteiger partial charge on any atom is -0.380 e. The van der Waals surface area contributed by atoms with Gasteiger partial charge in [-0.3, -0.25) is 0 Å². The van der Waals surface area contributed by atoms with Crippen molar-refractivity contribution in [3.05, 3.63) is 35.4 Å². The van der Waals surface area contributed by atoms with Crippen molar-refractivity contribution in [3.63, 3.8) is 0 Å². The summed E-state index contributed by atoms with van der Waals surface area (Å²) in [5.74, 6) is -2.19. The van der Waals surface area contributed by atoms with Crippen LogP contribution in [0, 0.1) is 0 Å². The zero-order valence-electron chi connectivity index (χ0n) is 14.9. The highest BCUT2D eigenvalue weighted by atomic mass is 28.1. The van der Waals surface area contributed by atoms with Crippen LogP contribution < -0.4 is 0 Å². The quantitative estimate of drug-likeness (QED) is 0.451. The molecule has 0 aliphatic carbocycles. The van der Waals surface area contributed by atoms with E-state index < -0.39 is 23.0 Å². The van der Waals surface area contributed by atoms with Crippen LogP contribution in [0.3, 0.4) is 0 Å². The zero-order chi connectivity index (χ0) is 18.4. The van der Waals surface area contributed by atoms with Crippen molar-refractivity contribution in [2.45, 2.75) is 23.0 Å². The largest absolute Gasteiger partial charge is 0.380 e. The summed E-state index contributed by atoms with van der Waals surface area (Å²) in [7, 11) is 16.3. The van der Waals surface area contributed by atoms with Crippen LogP contribution in [-0.4, -0.2) is 74.6 Å². The summed E-state index contributed by atoms with van der Waals surface area (Å²) in [5.41, 5.74) is 0.523. The summed E-state index contributed by atoms with van der Waals surface area (Å²) >= 11 is 0. The fraction of sp³-hybridized carbons (Fsp3) is 0.625. The van der Waals surface area contributed by atoms with E-state index in [0.717, 1.165) is 11.1 Å². The first-order valence-electron chi connectivity index (χ1n) is 7.21. The molecule has 6 radical (unpaired) electrons. The summed E-state index contributed by atoms with van der Waals surface area (Å²) in [6, 6.07) is 7.43. The smallest absolute Gasteiger partial charge is 0.217 e. The van der Waals surface area contributed by atoms with E-state index >= 15 is 0 Å². The van der Waals surface area contributed by atoms with Gasteiger partial charge in [-0.15, -0.1) is 0 Å². The second-order valence-electron chi connectivity index (χ2n) is 4.96. The van der Waals surface area contributed by atoms with Crippen molar-refractivity contribution in [1.29, 1.82) is 0 Å². The highest BCUT2D eigenvalue weighted by Gasteiger charge is 2.42. The van der Waals surface area contributed by atoms with Crippen molar-refractivity contribution < 1.29 is 28.4 Å². The average molecular weight is 369 g/mol. The number of rotatable bonds is 10. The fourth-order valence-electron chi connectivity index (χ4n) is 2.61. The molecule has 2 unspecified atom stereocenters. The molecule has 8 heteroatoms. The molecule has 2 atom stereocenters. The first kappa shape index (κ1) is 21.5. The molecule has 0 saturated heterocycles. The number of ether oxygens (including phenoxy) is 6. The van der Waals surface area contributed by atoms with Gasteiger partial charge in [-0.05, 0) is 0 Å². The molecule has 0 heterocycles. The van der Waals surface area contributed by atoms with Gasteiger partial charge in [0, 0.05) is 53.8 Å². The lowest BCUT2D eigenvalue weighted by Crippen LogP contribution is -2.46. The van der Waals surface area contributed by atoms with Gasteiger partial charge in [0.1, 0.15) is 0 Å². The first-order valence-corrected chi connectivity index (χ1v) is 8.37. The first-order chi connectivity index (χ1) is 11.4. The topological polar surface area (TPSA) is 55.4 Å². The Morgan fingerprint density at radius 2 is 0.875 bits per heavy atom.